The zero-order valence-corrected chi connectivity index (χ0v) is 22.0. The molecule has 6 nitrogen and oxygen atoms in total. The Morgan fingerprint density at radius 3 is 2.54 bits per heavy atom. The summed E-state index contributed by atoms with van der Waals surface area (Å²) < 4.78 is 24.0. The first-order chi connectivity index (χ1) is 17.9. The number of benzene rings is 1. The Labute approximate surface area is 219 Å². The van der Waals surface area contributed by atoms with Gasteiger partial charge >= 0.3 is 0 Å². The van der Waals surface area contributed by atoms with Crippen LogP contribution in [0.4, 0.5) is 0 Å². The normalized spacial score (nSPS) is 40.9. The number of hydrogen-bond donors (Lipinski definition) is 1. The van der Waals surface area contributed by atoms with Crippen molar-refractivity contribution < 1.29 is 28.8 Å². The molecule has 5 fully saturated rings. The lowest BCUT2D eigenvalue weighted by molar-refractivity contribution is -0.208. The number of Topliss-reactive ketones (excluding diaryl/α,β-unsaturated/α-hetero) is 1. The minimum atomic E-state index is -0.885. The largest absolute Gasteiger partial charge is 0.465 e. The third-order valence-electron chi connectivity index (χ3n) is 10.6. The van der Waals surface area contributed by atoms with Crippen molar-refractivity contribution in [3.8, 4) is 5.75 Å². The van der Waals surface area contributed by atoms with Crippen LogP contribution in [0.1, 0.15) is 89.0 Å². The van der Waals surface area contributed by atoms with E-state index >= 15 is 0 Å². The molecule has 7 rings (SSSR count). The van der Waals surface area contributed by atoms with Gasteiger partial charge in [-0.2, -0.15) is 0 Å². The molecule has 1 N–H and O–H groups in total. The Hall–Kier alpha value is -1.73. The Balaban J connectivity index is 1.25. The maximum atomic E-state index is 13.2. The van der Waals surface area contributed by atoms with Crippen molar-refractivity contribution in [1.29, 1.82) is 0 Å². The summed E-state index contributed by atoms with van der Waals surface area (Å²) in [5.41, 5.74) is 2.69. The molecule has 6 aliphatic rings. The van der Waals surface area contributed by atoms with Crippen LogP contribution in [0.15, 0.2) is 35.4 Å². The van der Waals surface area contributed by atoms with Crippen molar-refractivity contribution in [2.24, 2.45) is 17.3 Å². The van der Waals surface area contributed by atoms with Crippen molar-refractivity contribution in [3.05, 3.63) is 41.0 Å². The van der Waals surface area contributed by atoms with Crippen LogP contribution in [-0.2, 0) is 19.0 Å². The summed E-state index contributed by atoms with van der Waals surface area (Å²) in [6.45, 7) is 4.19. The Morgan fingerprint density at radius 2 is 1.78 bits per heavy atom. The monoisotopic (exact) mass is 508 g/mol. The second kappa shape index (κ2) is 8.90. The van der Waals surface area contributed by atoms with E-state index in [2.05, 4.69) is 31.2 Å². The number of rotatable bonds is 3. The Morgan fingerprint density at radius 1 is 0.973 bits per heavy atom. The zero-order chi connectivity index (χ0) is 25.3. The lowest BCUT2D eigenvalue weighted by atomic mass is 9.51. The van der Waals surface area contributed by atoms with Crippen molar-refractivity contribution in [2.45, 2.75) is 101 Å². The third kappa shape index (κ3) is 3.93. The van der Waals surface area contributed by atoms with Crippen molar-refractivity contribution >= 4 is 5.78 Å². The molecule has 6 heteroatoms. The summed E-state index contributed by atoms with van der Waals surface area (Å²) in [5, 5.41) is 12.1. The van der Waals surface area contributed by atoms with Crippen LogP contribution in [0, 0.1) is 17.3 Å². The fourth-order valence-corrected chi connectivity index (χ4v) is 8.82. The maximum absolute atomic E-state index is 13.2. The molecular weight excluding hydrogens is 468 g/mol. The number of ketones is 1. The van der Waals surface area contributed by atoms with Crippen LogP contribution < -0.4 is 4.74 Å². The quantitative estimate of drug-likeness (QED) is 0.549. The van der Waals surface area contributed by atoms with E-state index in [1.54, 1.807) is 0 Å². The van der Waals surface area contributed by atoms with Gasteiger partial charge in [0, 0.05) is 37.0 Å². The second-order valence-corrected chi connectivity index (χ2v) is 12.6. The molecular formula is C31H40O6. The van der Waals surface area contributed by atoms with Gasteiger partial charge < -0.3 is 24.1 Å². The first-order valence-corrected chi connectivity index (χ1v) is 14.5. The van der Waals surface area contributed by atoms with Gasteiger partial charge in [-0.05, 0) is 80.1 Å². The maximum Gasteiger partial charge on any atom is 0.199 e. The minimum Gasteiger partial charge on any atom is -0.465 e. The van der Waals surface area contributed by atoms with Crippen LogP contribution in [0.2, 0.25) is 0 Å². The molecule has 6 atom stereocenters. The smallest absolute Gasteiger partial charge is 0.199 e. The predicted molar refractivity (Wildman–Crippen MR) is 137 cm³/mol. The van der Waals surface area contributed by atoms with Crippen LogP contribution >= 0.6 is 0 Å². The highest BCUT2D eigenvalue weighted by atomic mass is 16.7. The summed E-state index contributed by atoms with van der Waals surface area (Å²) in [6, 6.07) is 8.47. The average Bonchev–Trinajstić information content (AvgIpc) is 3.47. The van der Waals surface area contributed by atoms with Gasteiger partial charge in [0.1, 0.15) is 11.5 Å². The number of ether oxygens (including phenoxy) is 4. The first kappa shape index (κ1) is 24.3. The highest BCUT2D eigenvalue weighted by molar-refractivity contribution is 5.87. The van der Waals surface area contributed by atoms with Crippen molar-refractivity contribution in [2.75, 3.05) is 19.8 Å². The number of carbonyl (C=O) groups is 1. The lowest BCUT2D eigenvalue weighted by Gasteiger charge is -2.55. The Kier molecular flexibility index (Phi) is 5.85. The van der Waals surface area contributed by atoms with Gasteiger partial charge in [0.25, 0.3) is 0 Å². The number of fused-ring (bicyclic) bond motifs is 4. The molecule has 0 aromatic heterocycles. The van der Waals surface area contributed by atoms with Gasteiger partial charge in [0.15, 0.2) is 12.1 Å². The standard InChI is InChI=1S/C31H40O6/c1-29-18-23(20-5-7-21(8-6-20)37-27-4-2-3-15-34-27)28-22(24(29)9-10-26(29)32)11-13-30(33)19-31(14-12-25(28)30)35-16-17-36-31/h5-8,22-24,27,33H,2-4,9-19H2,1H3/t22?,23-,24?,27?,29+,30-/m1/s1. The van der Waals surface area contributed by atoms with E-state index in [9.17, 15) is 9.90 Å². The second-order valence-electron chi connectivity index (χ2n) is 12.6. The molecule has 1 spiro atoms. The molecule has 1 aromatic rings. The van der Waals surface area contributed by atoms with Crippen molar-refractivity contribution in [3.63, 3.8) is 0 Å². The first-order valence-electron chi connectivity index (χ1n) is 14.5. The number of hydrogen-bond acceptors (Lipinski definition) is 6. The minimum absolute atomic E-state index is 0.134. The number of aliphatic hydroxyl groups is 1. The molecule has 1 aromatic carbocycles. The number of allylic oxidation sites excluding steroid dienone is 1. The molecule has 2 saturated heterocycles. The van der Waals surface area contributed by atoms with Gasteiger partial charge in [0.2, 0.25) is 0 Å². The Bertz CT molecular complexity index is 1080. The van der Waals surface area contributed by atoms with Crippen LogP contribution in [0.25, 0.3) is 0 Å². The van der Waals surface area contributed by atoms with Gasteiger partial charge in [-0.15, -0.1) is 0 Å². The molecule has 3 saturated carbocycles. The molecule has 3 unspecified atom stereocenters. The van der Waals surface area contributed by atoms with E-state index in [0.717, 1.165) is 70.1 Å². The van der Waals surface area contributed by atoms with Gasteiger partial charge in [-0.25, -0.2) is 0 Å². The predicted octanol–water partition coefficient (Wildman–Crippen LogP) is 5.43. The van der Waals surface area contributed by atoms with E-state index in [-0.39, 0.29) is 17.6 Å². The van der Waals surface area contributed by atoms with Crippen LogP contribution in [-0.4, -0.2) is 48.4 Å². The summed E-state index contributed by atoms with van der Waals surface area (Å²) in [7, 11) is 0. The topological polar surface area (TPSA) is 74.2 Å². The van der Waals surface area contributed by atoms with Gasteiger partial charge in [-0.1, -0.05) is 24.6 Å². The van der Waals surface area contributed by atoms with E-state index in [1.165, 1.54) is 16.7 Å². The highest BCUT2D eigenvalue weighted by Gasteiger charge is 2.60. The average molecular weight is 509 g/mol. The van der Waals surface area contributed by atoms with Crippen molar-refractivity contribution in [1.82, 2.24) is 0 Å². The lowest BCUT2D eigenvalue weighted by Crippen LogP contribution is -2.53. The summed E-state index contributed by atoms with van der Waals surface area (Å²) in [4.78, 5) is 13.2. The molecule has 0 bridgehead atoms. The van der Waals surface area contributed by atoms with E-state index in [1.807, 2.05) is 0 Å². The summed E-state index contributed by atoms with van der Waals surface area (Å²) >= 11 is 0. The third-order valence-corrected chi connectivity index (χ3v) is 10.6. The molecule has 37 heavy (non-hydrogen) atoms. The van der Waals surface area contributed by atoms with E-state index < -0.39 is 11.4 Å². The summed E-state index contributed by atoms with van der Waals surface area (Å²) in [6.07, 6.45) is 9.27. The fourth-order valence-electron chi connectivity index (χ4n) is 8.82. The van der Waals surface area contributed by atoms with Crippen LogP contribution in [0.3, 0.4) is 0 Å². The van der Waals surface area contributed by atoms with E-state index in [0.29, 0.717) is 43.7 Å². The zero-order valence-electron chi connectivity index (χ0n) is 22.0. The summed E-state index contributed by atoms with van der Waals surface area (Å²) in [5.74, 6) is 1.50. The SMILES string of the molecule is C[C@]12C[C@H](c3ccc(OC4CCCCO4)cc3)C3=C4CCC5(C[C@]4(O)CCC3C1CCC2=O)OCCO5. The fraction of sp³-hybridized carbons (Fsp3) is 0.710. The van der Waals surface area contributed by atoms with Gasteiger partial charge in [0.05, 0.1) is 25.4 Å². The molecule has 2 heterocycles. The molecule has 0 amide bonds. The molecule has 2 aliphatic heterocycles. The highest BCUT2D eigenvalue weighted by Crippen LogP contribution is 2.64. The molecule has 0 radical (unpaired) electrons. The van der Waals surface area contributed by atoms with E-state index in [4.69, 9.17) is 18.9 Å². The molecule has 200 valence electrons. The van der Waals surface area contributed by atoms with Crippen LogP contribution in [0.5, 0.6) is 5.75 Å². The van der Waals surface area contributed by atoms with Gasteiger partial charge in [-0.3, -0.25) is 4.79 Å². The molecule has 4 aliphatic carbocycles. The number of carbonyl (C=O) groups excluding carboxylic acids is 1.